The fraction of sp³-hybridized carbons (Fsp3) is 0.941. The zero-order valence-electron chi connectivity index (χ0n) is 14.7. The highest BCUT2D eigenvalue weighted by molar-refractivity contribution is 8.00. The van der Waals surface area contributed by atoms with Gasteiger partial charge in [0.05, 0.1) is 18.0 Å². The van der Waals surface area contributed by atoms with Crippen molar-refractivity contribution in [2.75, 3.05) is 13.7 Å². The maximum absolute atomic E-state index is 11.5. The fourth-order valence-electron chi connectivity index (χ4n) is 5.78. The van der Waals surface area contributed by atoms with Gasteiger partial charge < -0.3 is 25.4 Å². The molecule has 8 unspecified atom stereocenters. The number of aliphatic hydroxyl groups excluding tert-OH is 2. The van der Waals surface area contributed by atoms with Crippen LogP contribution in [0.5, 0.6) is 0 Å². The molecule has 7 heteroatoms. The number of carbonyl (C=O) groups is 1. The first-order chi connectivity index (χ1) is 11.3. The summed E-state index contributed by atoms with van der Waals surface area (Å²) < 4.78 is 0. The minimum absolute atomic E-state index is 0.00419. The second kappa shape index (κ2) is 6.43. The second-order valence-corrected chi connectivity index (χ2v) is 9.73. The highest BCUT2D eigenvalue weighted by Crippen LogP contribution is 2.62. The fourth-order valence-corrected chi connectivity index (χ4v) is 7.33. The third-order valence-corrected chi connectivity index (χ3v) is 8.79. The minimum atomic E-state index is -0.997. The Hall–Kier alpha value is -0.340. The molecule has 1 heterocycles. The van der Waals surface area contributed by atoms with Gasteiger partial charge in [-0.05, 0) is 44.1 Å². The normalized spacial score (nSPS) is 51.0. The molecule has 5 N–H and O–H groups in total. The molecular formula is C17H30N2O4S. The summed E-state index contributed by atoms with van der Waals surface area (Å²) in [6.07, 6.45) is 1.86. The van der Waals surface area contributed by atoms with Crippen LogP contribution in [0.2, 0.25) is 0 Å². The van der Waals surface area contributed by atoms with Crippen LogP contribution in [-0.2, 0) is 4.79 Å². The van der Waals surface area contributed by atoms with Crippen molar-refractivity contribution >= 4 is 17.7 Å². The van der Waals surface area contributed by atoms with Gasteiger partial charge >= 0.3 is 0 Å². The van der Waals surface area contributed by atoms with Gasteiger partial charge in [0, 0.05) is 17.3 Å². The Kier molecular flexibility index (Phi) is 4.94. The number of quaternary nitrogens is 1. The molecule has 8 atom stereocenters. The first-order valence-electron chi connectivity index (χ1n) is 8.92. The second-order valence-electron chi connectivity index (χ2n) is 8.35. The number of carboxylic acid groups (broad SMARTS) is 1. The van der Waals surface area contributed by atoms with Gasteiger partial charge in [0.15, 0.2) is 5.50 Å². The zero-order chi connectivity index (χ0) is 17.7. The number of aliphatic hydroxyl groups is 2. The molecule has 1 saturated heterocycles. The van der Waals surface area contributed by atoms with Crippen molar-refractivity contribution in [1.82, 2.24) is 5.32 Å². The van der Waals surface area contributed by atoms with E-state index in [1.807, 2.05) is 25.7 Å². The number of aliphatic carboxylic acids is 1. The van der Waals surface area contributed by atoms with Crippen molar-refractivity contribution in [1.29, 1.82) is 0 Å². The lowest BCUT2D eigenvalue weighted by molar-refractivity contribution is -0.708. The summed E-state index contributed by atoms with van der Waals surface area (Å²) in [5.41, 5.74) is -0.531. The topological polar surface area (TPSA) is 109 Å². The zero-order valence-corrected chi connectivity index (χ0v) is 15.5. The first-order valence-corrected chi connectivity index (χ1v) is 9.87. The molecule has 0 aromatic heterocycles. The van der Waals surface area contributed by atoms with Crippen LogP contribution in [0.15, 0.2) is 0 Å². The third kappa shape index (κ3) is 2.69. The van der Waals surface area contributed by atoms with Crippen LogP contribution in [0.25, 0.3) is 0 Å². The summed E-state index contributed by atoms with van der Waals surface area (Å²) in [4.78, 5) is 11.5. The van der Waals surface area contributed by atoms with Crippen LogP contribution in [-0.4, -0.2) is 52.7 Å². The third-order valence-electron chi connectivity index (χ3n) is 7.25. The molecule has 138 valence electrons. The number of carboxylic acids is 1. The monoisotopic (exact) mass is 358 g/mol. The van der Waals surface area contributed by atoms with E-state index in [-0.39, 0.29) is 41.8 Å². The summed E-state index contributed by atoms with van der Waals surface area (Å²) in [5.74, 6) is -0.889. The first kappa shape index (κ1) is 18.5. The van der Waals surface area contributed by atoms with E-state index >= 15 is 0 Å². The average Bonchev–Trinajstić information content (AvgIpc) is 2.96. The number of fused-ring (bicyclic) bond motifs is 2. The number of hydrogen-bond donors (Lipinski definition) is 4. The molecule has 6 nitrogen and oxygen atoms in total. The number of thioether (sulfide) groups is 1. The summed E-state index contributed by atoms with van der Waals surface area (Å²) in [7, 11) is 1.93. The van der Waals surface area contributed by atoms with Gasteiger partial charge in [-0.1, -0.05) is 25.6 Å². The van der Waals surface area contributed by atoms with Crippen molar-refractivity contribution in [3.8, 4) is 0 Å². The highest BCUT2D eigenvalue weighted by Gasteiger charge is 2.64. The van der Waals surface area contributed by atoms with Gasteiger partial charge in [0.25, 0.3) is 0 Å². The van der Waals surface area contributed by atoms with Crippen LogP contribution in [0, 0.1) is 22.7 Å². The van der Waals surface area contributed by atoms with Crippen molar-refractivity contribution in [3.05, 3.63) is 0 Å². The van der Waals surface area contributed by atoms with E-state index in [9.17, 15) is 20.1 Å². The smallest absolute Gasteiger partial charge is 0.188 e. The molecule has 3 fully saturated rings. The Morgan fingerprint density at radius 2 is 2.17 bits per heavy atom. The summed E-state index contributed by atoms with van der Waals surface area (Å²) >= 11 is 1.85. The molecule has 0 amide bonds. The van der Waals surface area contributed by atoms with E-state index in [0.29, 0.717) is 11.7 Å². The number of rotatable bonds is 4. The van der Waals surface area contributed by atoms with Gasteiger partial charge in [0.2, 0.25) is 0 Å². The molecule has 0 radical (unpaired) electrons. The predicted molar refractivity (Wildman–Crippen MR) is 89.7 cm³/mol. The van der Waals surface area contributed by atoms with Crippen molar-refractivity contribution < 1.29 is 25.4 Å². The standard InChI is InChI=1S/C17H30N2O4S/c1-16-5-4-12(21)17(2,8-20)11(16)7-10-14(9(16)6-13(22)23)19-15(18-3)24-10/h9-12,14-15,18-21H,4-8H2,1-3H3,(H,22,23). The van der Waals surface area contributed by atoms with Crippen molar-refractivity contribution in [2.24, 2.45) is 22.7 Å². The quantitative estimate of drug-likeness (QED) is 0.486. The molecule has 1 aliphatic heterocycles. The SMILES string of the molecule is CNC1[NH2+]C2C(CC3C(C)(CO)C(O)CCC3(C)C2CC(=O)[O-])S1. The summed E-state index contributed by atoms with van der Waals surface area (Å²) in [6, 6.07) is 0.241. The van der Waals surface area contributed by atoms with E-state index in [2.05, 4.69) is 17.6 Å². The van der Waals surface area contributed by atoms with Crippen LogP contribution < -0.4 is 15.7 Å². The van der Waals surface area contributed by atoms with E-state index < -0.39 is 17.5 Å². The van der Waals surface area contributed by atoms with Crippen molar-refractivity contribution in [2.45, 2.75) is 62.4 Å². The summed E-state index contributed by atoms with van der Waals surface area (Å²) in [5, 5.41) is 38.0. The molecular weight excluding hydrogens is 328 g/mol. The predicted octanol–water partition coefficient (Wildman–Crippen LogP) is -1.53. The lowest BCUT2D eigenvalue weighted by Gasteiger charge is -2.60. The average molecular weight is 359 g/mol. The molecule has 3 aliphatic rings. The van der Waals surface area contributed by atoms with Gasteiger partial charge in [-0.15, -0.1) is 0 Å². The number of nitrogens with two attached hydrogens (primary N) is 1. The highest BCUT2D eigenvalue weighted by atomic mass is 32.2. The van der Waals surface area contributed by atoms with E-state index in [0.717, 1.165) is 12.8 Å². The molecule has 3 rings (SSSR count). The molecule has 2 saturated carbocycles. The maximum atomic E-state index is 11.5. The maximum Gasteiger partial charge on any atom is 0.188 e. The van der Waals surface area contributed by atoms with Gasteiger partial charge in [-0.2, -0.15) is 0 Å². The number of nitrogens with one attached hydrogen (secondary N) is 1. The molecule has 2 aliphatic carbocycles. The molecule has 0 spiro atoms. The molecule has 0 aromatic rings. The Labute approximate surface area is 147 Å². The van der Waals surface area contributed by atoms with Gasteiger partial charge in [-0.25, -0.2) is 0 Å². The lowest BCUT2D eigenvalue weighted by Crippen LogP contribution is -2.97. The Bertz CT molecular complexity index is 507. The molecule has 24 heavy (non-hydrogen) atoms. The van der Waals surface area contributed by atoms with Gasteiger partial charge in [0.1, 0.15) is 6.04 Å². The lowest BCUT2D eigenvalue weighted by atomic mass is 9.46. The largest absolute Gasteiger partial charge is 0.550 e. The molecule has 0 bridgehead atoms. The van der Waals surface area contributed by atoms with Crippen LogP contribution >= 0.6 is 11.8 Å². The number of hydrogen-bond acceptors (Lipinski definition) is 6. The van der Waals surface area contributed by atoms with E-state index in [1.54, 1.807) is 0 Å². The Morgan fingerprint density at radius 1 is 1.46 bits per heavy atom. The van der Waals surface area contributed by atoms with Crippen LogP contribution in [0.4, 0.5) is 0 Å². The summed E-state index contributed by atoms with van der Waals surface area (Å²) in [6.45, 7) is 4.08. The van der Waals surface area contributed by atoms with Gasteiger partial charge in [-0.3, -0.25) is 5.32 Å². The van der Waals surface area contributed by atoms with Crippen molar-refractivity contribution in [3.63, 3.8) is 0 Å². The Balaban J connectivity index is 1.99. The number of carbonyl (C=O) groups excluding carboxylic acids is 1. The minimum Gasteiger partial charge on any atom is -0.550 e. The van der Waals surface area contributed by atoms with Crippen LogP contribution in [0.3, 0.4) is 0 Å². The van der Waals surface area contributed by atoms with Crippen LogP contribution in [0.1, 0.15) is 39.5 Å². The Morgan fingerprint density at radius 3 is 2.75 bits per heavy atom. The molecule has 0 aromatic carbocycles. The van der Waals surface area contributed by atoms with E-state index in [1.165, 1.54) is 0 Å². The van der Waals surface area contributed by atoms with E-state index in [4.69, 9.17) is 0 Å².